The Kier molecular flexibility index (Phi) is 7.58. The zero-order chi connectivity index (χ0) is 21.4. The Balaban J connectivity index is 2.02. The predicted molar refractivity (Wildman–Crippen MR) is 114 cm³/mol. The van der Waals surface area contributed by atoms with Gasteiger partial charge in [-0.1, -0.05) is 49.1 Å². The standard InChI is InChI=1S/C24H28N2O3/c1-17(16-19-8-6-5-7-9-19)10-11-18-12-14-20(15-13-18)22(27)26-21(23(28)29-4)24(2,3)25/h5-9,12-15,17,21H,16,25H2,1-4H3,(H,26,27)/t17?,21-/m1/s1. The molecule has 0 fully saturated rings. The van der Waals surface area contributed by atoms with Crippen molar-refractivity contribution in [2.24, 2.45) is 11.7 Å². The van der Waals surface area contributed by atoms with Crippen LogP contribution in [0.1, 0.15) is 42.3 Å². The van der Waals surface area contributed by atoms with Crippen LogP contribution in [-0.4, -0.2) is 30.6 Å². The molecule has 2 aromatic rings. The van der Waals surface area contributed by atoms with Crippen molar-refractivity contribution in [2.75, 3.05) is 7.11 Å². The van der Waals surface area contributed by atoms with Gasteiger partial charge in [-0.2, -0.15) is 0 Å². The van der Waals surface area contributed by atoms with Gasteiger partial charge in [0.1, 0.15) is 6.04 Å². The summed E-state index contributed by atoms with van der Waals surface area (Å²) in [6.07, 6.45) is 0.887. The first-order chi connectivity index (χ1) is 13.7. The number of benzene rings is 2. The summed E-state index contributed by atoms with van der Waals surface area (Å²) in [6, 6.07) is 16.2. The molecule has 2 aromatic carbocycles. The summed E-state index contributed by atoms with van der Waals surface area (Å²) in [5.74, 6) is 5.63. The Hall–Kier alpha value is -3.10. The first-order valence-corrected chi connectivity index (χ1v) is 9.54. The average Bonchev–Trinajstić information content (AvgIpc) is 2.70. The first-order valence-electron chi connectivity index (χ1n) is 9.54. The second-order valence-electron chi connectivity index (χ2n) is 7.69. The minimum Gasteiger partial charge on any atom is -0.467 e. The van der Waals surface area contributed by atoms with E-state index in [2.05, 4.69) is 36.2 Å². The van der Waals surface area contributed by atoms with Gasteiger partial charge in [0.25, 0.3) is 5.91 Å². The molecule has 2 atom stereocenters. The van der Waals surface area contributed by atoms with Crippen molar-refractivity contribution in [2.45, 2.75) is 38.8 Å². The van der Waals surface area contributed by atoms with Crippen LogP contribution in [0.2, 0.25) is 0 Å². The molecular weight excluding hydrogens is 364 g/mol. The molecule has 3 N–H and O–H groups in total. The van der Waals surface area contributed by atoms with Gasteiger partial charge in [0.15, 0.2) is 0 Å². The van der Waals surface area contributed by atoms with E-state index >= 15 is 0 Å². The zero-order valence-electron chi connectivity index (χ0n) is 17.4. The van der Waals surface area contributed by atoms with Gasteiger partial charge in [-0.3, -0.25) is 4.79 Å². The van der Waals surface area contributed by atoms with Gasteiger partial charge in [-0.15, -0.1) is 0 Å². The molecule has 0 saturated heterocycles. The van der Waals surface area contributed by atoms with E-state index in [-0.39, 0.29) is 5.92 Å². The third-order valence-electron chi connectivity index (χ3n) is 4.45. The summed E-state index contributed by atoms with van der Waals surface area (Å²) in [5.41, 5.74) is 7.54. The summed E-state index contributed by atoms with van der Waals surface area (Å²) in [6.45, 7) is 5.40. The Morgan fingerprint density at radius 3 is 2.28 bits per heavy atom. The van der Waals surface area contributed by atoms with Crippen molar-refractivity contribution < 1.29 is 14.3 Å². The molecule has 0 aromatic heterocycles. The topological polar surface area (TPSA) is 81.4 Å². The highest BCUT2D eigenvalue weighted by Crippen LogP contribution is 2.11. The molecule has 5 heteroatoms. The van der Waals surface area contributed by atoms with E-state index in [9.17, 15) is 9.59 Å². The minimum absolute atomic E-state index is 0.216. The molecule has 152 valence electrons. The summed E-state index contributed by atoms with van der Waals surface area (Å²) in [7, 11) is 1.26. The highest BCUT2D eigenvalue weighted by molar-refractivity contribution is 5.97. The molecule has 0 radical (unpaired) electrons. The molecule has 1 amide bonds. The number of carbonyl (C=O) groups is 2. The molecule has 0 aliphatic rings. The molecule has 0 spiro atoms. The second-order valence-corrected chi connectivity index (χ2v) is 7.69. The van der Waals surface area contributed by atoms with Crippen molar-refractivity contribution in [1.82, 2.24) is 5.32 Å². The van der Waals surface area contributed by atoms with Gasteiger partial charge in [-0.25, -0.2) is 4.79 Å². The fourth-order valence-corrected chi connectivity index (χ4v) is 2.81. The van der Waals surface area contributed by atoms with E-state index in [0.29, 0.717) is 5.56 Å². The maximum absolute atomic E-state index is 12.5. The number of nitrogens with one attached hydrogen (secondary N) is 1. The Morgan fingerprint density at radius 1 is 1.10 bits per heavy atom. The van der Waals surface area contributed by atoms with Gasteiger partial charge in [0.05, 0.1) is 7.11 Å². The van der Waals surface area contributed by atoms with Gasteiger partial charge in [0.2, 0.25) is 0 Å². The van der Waals surface area contributed by atoms with Crippen LogP contribution in [0.5, 0.6) is 0 Å². The van der Waals surface area contributed by atoms with E-state index in [4.69, 9.17) is 10.5 Å². The number of hydrogen-bond donors (Lipinski definition) is 2. The van der Waals surface area contributed by atoms with Crippen molar-refractivity contribution >= 4 is 11.9 Å². The minimum atomic E-state index is -0.955. The Morgan fingerprint density at radius 2 is 1.72 bits per heavy atom. The lowest BCUT2D eigenvalue weighted by molar-refractivity contribution is -0.144. The molecule has 0 bridgehead atoms. The van der Waals surface area contributed by atoms with E-state index in [1.165, 1.54) is 12.7 Å². The largest absolute Gasteiger partial charge is 0.467 e. The number of carbonyl (C=O) groups excluding carboxylic acids is 2. The molecular formula is C24H28N2O3. The molecule has 0 aliphatic carbocycles. The fraction of sp³-hybridized carbons (Fsp3) is 0.333. The predicted octanol–water partition coefficient (Wildman–Crippen LogP) is 2.93. The van der Waals surface area contributed by atoms with Crippen molar-refractivity contribution in [1.29, 1.82) is 0 Å². The smallest absolute Gasteiger partial charge is 0.330 e. The van der Waals surface area contributed by atoms with Crippen LogP contribution >= 0.6 is 0 Å². The summed E-state index contributed by atoms with van der Waals surface area (Å²) < 4.78 is 4.74. The maximum Gasteiger partial charge on any atom is 0.330 e. The SMILES string of the molecule is COC(=O)[C@@H](NC(=O)c1ccc(C#CC(C)Cc2ccccc2)cc1)C(C)(C)N. The van der Waals surface area contributed by atoms with Gasteiger partial charge >= 0.3 is 5.97 Å². The summed E-state index contributed by atoms with van der Waals surface area (Å²) in [4.78, 5) is 24.4. The van der Waals surface area contributed by atoms with Crippen LogP contribution < -0.4 is 11.1 Å². The van der Waals surface area contributed by atoms with Crippen molar-refractivity contribution in [3.63, 3.8) is 0 Å². The summed E-state index contributed by atoms with van der Waals surface area (Å²) >= 11 is 0. The van der Waals surface area contributed by atoms with Crippen LogP contribution in [0.15, 0.2) is 54.6 Å². The van der Waals surface area contributed by atoms with E-state index < -0.39 is 23.5 Å². The quantitative estimate of drug-likeness (QED) is 0.585. The number of nitrogens with two attached hydrogens (primary N) is 1. The van der Waals surface area contributed by atoms with Crippen LogP contribution in [0.4, 0.5) is 0 Å². The molecule has 29 heavy (non-hydrogen) atoms. The number of hydrogen-bond acceptors (Lipinski definition) is 4. The Labute approximate surface area is 172 Å². The first kappa shape index (κ1) is 22.2. The van der Waals surface area contributed by atoms with E-state index in [0.717, 1.165) is 12.0 Å². The molecule has 0 aliphatic heterocycles. The lowest BCUT2D eigenvalue weighted by Crippen LogP contribution is -2.59. The van der Waals surface area contributed by atoms with E-state index in [1.54, 1.807) is 38.1 Å². The number of amides is 1. The monoisotopic (exact) mass is 392 g/mol. The van der Waals surface area contributed by atoms with Crippen LogP contribution in [0.25, 0.3) is 0 Å². The van der Waals surface area contributed by atoms with Crippen LogP contribution in [0.3, 0.4) is 0 Å². The maximum atomic E-state index is 12.5. The second kappa shape index (κ2) is 9.90. The average molecular weight is 392 g/mol. The molecule has 2 rings (SSSR count). The zero-order valence-corrected chi connectivity index (χ0v) is 17.4. The molecule has 0 heterocycles. The lowest BCUT2D eigenvalue weighted by atomic mass is 9.95. The normalized spacial score (nSPS) is 12.9. The molecule has 5 nitrogen and oxygen atoms in total. The number of methoxy groups -OCH3 is 1. The number of esters is 1. The molecule has 1 unspecified atom stereocenters. The van der Waals surface area contributed by atoms with Gasteiger partial charge < -0.3 is 15.8 Å². The van der Waals surface area contributed by atoms with Gasteiger partial charge in [-0.05, 0) is 50.1 Å². The third kappa shape index (κ3) is 6.78. The van der Waals surface area contributed by atoms with Crippen molar-refractivity contribution in [3.05, 3.63) is 71.3 Å². The third-order valence-corrected chi connectivity index (χ3v) is 4.45. The van der Waals surface area contributed by atoms with Crippen molar-refractivity contribution in [3.8, 4) is 11.8 Å². The van der Waals surface area contributed by atoms with Crippen LogP contribution in [-0.2, 0) is 16.0 Å². The Bertz CT molecular complexity index is 888. The molecule has 0 saturated carbocycles. The van der Waals surface area contributed by atoms with E-state index in [1.807, 2.05) is 18.2 Å². The van der Waals surface area contributed by atoms with Gasteiger partial charge in [0, 0.05) is 22.6 Å². The number of rotatable bonds is 6. The van der Waals surface area contributed by atoms with Crippen LogP contribution in [0, 0.1) is 17.8 Å². The number of ether oxygens (including phenoxy) is 1. The lowest BCUT2D eigenvalue weighted by Gasteiger charge is -2.28. The highest BCUT2D eigenvalue weighted by Gasteiger charge is 2.34. The summed E-state index contributed by atoms with van der Waals surface area (Å²) in [5, 5.41) is 2.65. The highest BCUT2D eigenvalue weighted by atomic mass is 16.5. The fourth-order valence-electron chi connectivity index (χ4n) is 2.81.